The van der Waals surface area contributed by atoms with Gasteiger partial charge in [0.25, 0.3) is 11.3 Å². The van der Waals surface area contributed by atoms with Crippen LogP contribution in [0.4, 0.5) is 0 Å². The Hall–Kier alpha value is -3.26. The molecule has 8 nitrogen and oxygen atoms in total. The number of hydrogen-bond acceptors (Lipinski definition) is 6. The number of ether oxygens (including phenoxy) is 1. The second-order valence-corrected chi connectivity index (χ2v) is 6.54. The number of likely N-dealkylation sites (N-methyl/N-ethyl adjacent to an activating group) is 1. The molecule has 0 spiro atoms. The van der Waals surface area contributed by atoms with E-state index in [-0.39, 0.29) is 5.56 Å². The summed E-state index contributed by atoms with van der Waals surface area (Å²) in [7, 11) is 5.58. The van der Waals surface area contributed by atoms with Gasteiger partial charge in [0.1, 0.15) is 12.1 Å². The molecule has 4 rings (SSSR count). The van der Waals surface area contributed by atoms with Crippen molar-refractivity contribution in [3.05, 3.63) is 53.2 Å². The monoisotopic (exact) mass is 364 g/mol. The first-order valence-corrected chi connectivity index (χ1v) is 8.60. The standard InChI is InChI=1S/C19H20N6O2/c1-23(2)10-11-24-9-8-15-16(18(24)26)17(25-19(22-15)20-12-21-25)13-4-6-14(27-3)7-5-13/h4-9,12H,10-11H2,1-3H3. The molecule has 0 N–H and O–H groups in total. The van der Waals surface area contributed by atoms with Crippen LogP contribution in [0.15, 0.2) is 47.7 Å². The van der Waals surface area contributed by atoms with Gasteiger partial charge in [-0.3, -0.25) is 4.79 Å². The molecule has 0 aliphatic heterocycles. The number of aromatic nitrogens is 5. The third kappa shape index (κ3) is 3.04. The van der Waals surface area contributed by atoms with Crippen LogP contribution in [-0.4, -0.2) is 56.8 Å². The maximum absolute atomic E-state index is 13.2. The average molecular weight is 364 g/mol. The fraction of sp³-hybridized carbons (Fsp3) is 0.263. The maximum atomic E-state index is 13.2. The van der Waals surface area contributed by atoms with Gasteiger partial charge in [-0.15, -0.1) is 0 Å². The van der Waals surface area contributed by atoms with Crippen molar-refractivity contribution in [1.29, 1.82) is 0 Å². The first-order chi connectivity index (χ1) is 13.1. The second kappa shape index (κ2) is 6.81. The molecule has 0 radical (unpaired) electrons. The maximum Gasteiger partial charge on any atom is 0.262 e. The summed E-state index contributed by atoms with van der Waals surface area (Å²) >= 11 is 0. The molecule has 138 valence electrons. The molecule has 8 heteroatoms. The van der Waals surface area contributed by atoms with Gasteiger partial charge in [0.05, 0.1) is 23.7 Å². The lowest BCUT2D eigenvalue weighted by atomic mass is 10.1. The van der Waals surface area contributed by atoms with E-state index < -0.39 is 0 Å². The zero-order valence-electron chi connectivity index (χ0n) is 15.5. The predicted molar refractivity (Wildman–Crippen MR) is 103 cm³/mol. The van der Waals surface area contributed by atoms with Crippen molar-refractivity contribution in [2.45, 2.75) is 6.54 Å². The van der Waals surface area contributed by atoms with Gasteiger partial charge >= 0.3 is 0 Å². The third-order valence-electron chi connectivity index (χ3n) is 4.49. The topological polar surface area (TPSA) is 77.5 Å². The number of nitrogens with zero attached hydrogens (tertiary/aromatic N) is 6. The third-order valence-corrected chi connectivity index (χ3v) is 4.49. The Morgan fingerprint density at radius 1 is 1.15 bits per heavy atom. The van der Waals surface area contributed by atoms with Gasteiger partial charge in [-0.2, -0.15) is 14.6 Å². The summed E-state index contributed by atoms with van der Waals surface area (Å²) in [6.45, 7) is 1.36. The molecular formula is C19H20N6O2. The largest absolute Gasteiger partial charge is 0.497 e. The number of methoxy groups -OCH3 is 1. The quantitative estimate of drug-likeness (QED) is 0.536. The molecule has 0 aliphatic rings. The van der Waals surface area contributed by atoms with Gasteiger partial charge < -0.3 is 14.2 Å². The van der Waals surface area contributed by atoms with E-state index >= 15 is 0 Å². The van der Waals surface area contributed by atoms with Crippen molar-refractivity contribution in [2.24, 2.45) is 0 Å². The van der Waals surface area contributed by atoms with Crippen LogP contribution in [0.2, 0.25) is 0 Å². The Balaban J connectivity index is 2.00. The summed E-state index contributed by atoms with van der Waals surface area (Å²) in [5, 5.41) is 4.82. The molecule has 0 atom stereocenters. The van der Waals surface area contributed by atoms with E-state index in [9.17, 15) is 4.79 Å². The number of fused-ring (bicyclic) bond motifs is 2. The Bertz CT molecular complexity index is 1160. The van der Waals surface area contributed by atoms with Crippen molar-refractivity contribution < 1.29 is 4.74 Å². The minimum atomic E-state index is -0.0925. The van der Waals surface area contributed by atoms with E-state index in [2.05, 4.69) is 15.1 Å². The van der Waals surface area contributed by atoms with E-state index in [0.717, 1.165) is 17.9 Å². The van der Waals surface area contributed by atoms with Crippen LogP contribution in [0.1, 0.15) is 0 Å². The highest BCUT2D eigenvalue weighted by Gasteiger charge is 2.17. The predicted octanol–water partition coefficient (Wildman–Crippen LogP) is 1.68. The molecule has 0 amide bonds. The van der Waals surface area contributed by atoms with E-state index in [0.29, 0.717) is 28.9 Å². The SMILES string of the molecule is COc1ccc(-c2c3c(=O)n(CCN(C)C)ccc3nc3ncnn23)cc1. The van der Waals surface area contributed by atoms with Crippen LogP contribution in [-0.2, 0) is 6.54 Å². The highest BCUT2D eigenvalue weighted by Crippen LogP contribution is 2.27. The minimum absolute atomic E-state index is 0.0925. The Morgan fingerprint density at radius 2 is 1.93 bits per heavy atom. The van der Waals surface area contributed by atoms with E-state index in [1.165, 1.54) is 6.33 Å². The number of hydrogen-bond donors (Lipinski definition) is 0. The molecule has 3 heterocycles. The van der Waals surface area contributed by atoms with Crippen molar-refractivity contribution in [1.82, 2.24) is 29.0 Å². The summed E-state index contributed by atoms with van der Waals surface area (Å²) in [5.41, 5.74) is 2.04. The molecule has 0 bridgehead atoms. The van der Waals surface area contributed by atoms with Crippen LogP contribution in [0, 0.1) is 0 Å². The van der Waals surface area contributed by atoms with Crippen LogP contribution in [0.25, 0.3) is 27.9 Å². The molecule has 0 aliphatic carbocycles. The van der Waals surface area contributed by atoms with Crippen LogP contribution >= 0.6 is 0 Å². The highest BCUT2D eigenvalue weighted by atomic mass is 16.5. The smallest absolute Gasteiger partial charge is 0.262 e. The fourth-order valence-electron chi connectivity index (χ4n) is 3.06. The first-order valence-electron chi connectivity index (χ1n) is 8.60. The molecule has 27 heavy (non-hydrogen) atoms. The molecule has 0 fully saturated rings. The fourth-order valence-corrected chi connectivity index (χ4v) is 3.06. The lowest BCUT2D eigenvalue weighted by molar-refractivity contribution is 0.381. The van der Waals surface area contributed by atoms with Gasteiger partial charge in [0.15, 0.2) is 0 Å². The van der Waals surface area contributed by atoms with Crippen molar-refractivity contribution >= 4 is 16.7 Å². The summed E-state index contributed by atoms with van der Waals surface area (Å²) in [5.74, 6) is 1.20. The van der Waals surface area contributed by atoms with Gasteiger partial charge in [-0.25, -0.2) is 4.98 Å². The zero-order valence-corrected chi connectivity index (χ0v) is 15.5. The highest BCUT2D eigenvalue weighted by molar-refractivity contribution is 5.93. The van der Waals surface area contributed by atoms with Gasteiger partial charge in [0, 0.05) is 24.8 Å². The van der Waals surface area contributed by atoms with Crippen molar-refractivity contribution in [3.8, 4) is 17.0 Å². The van der Waals surface area contributed by atoms with Crippen LogP contribution < -0.4 is 10.3 Å². The van der Waals surface area contributed by atoms with E-state index in [1.807, 2.05) is 49.3 Å². The number of benzene rings is 1. The first kappa shape index (κ1) is 17.2. The Morgan fingerprint density at radius 3 is 2.63 bits per heavy atom. The summed E-state index contributed by atoms with van der Waals surface area (Å²) < 4.78 is 8.57. The van der Waals surface area contributed by atoms with Gasteiger partial charge in [-0.1, -0.05) is 0 Å². The van der Waals surface area contributed by atoms with Crippen molar-refractivity contribution in [3.63, 3.8) is 0 Å². The van der Waals surface area contributed by atoms with Crippen LogP contribution in [0.5, 0.6) is 5.75 Å². The zero-order chi connectivity index (χ0) is 19.0. The molecule has 0 unspecified atom stereocenters. The van der Waals surface area contributed by atoms with Crippen molar-refractivity contribution in [2.75, 3.05) is 27.7 Å². The van der Waals surface area contributed by atoms with E-state index in [4.69, 9.17) is 4.74 Å². The molecule has 1 aromatic carbocycles. The molecule has 0 saturated carbocycles. The number of pyridine rings is 1. The number of rotatable bonds is 5. The molecule has 3 aromatic heterocycles. The Labute approximate surface area is 155 Å². The lowest BCUT2D eigenvalue weighted by Crippen LogP contribution is -2.27. The second-order valence-electron chi connectivity index (χ2n) is 6.54. The molecule has 4 aromatic rings. The van der Waals surface area contributed by atoms with Gasteiger partial charge in [-0.05, 0) is 44.4 Å². The van der Waals surface area contributed by atoms with E-state index in [1.54, 1.807) is 22.4 Å². The normalized spacial score (nSPS) is 11.6. The Kier molecular flexibility index (Phi) is 4.33. The van der Waals surface area contributed by atoms with Gasteiger partial charge in [0.2, 0.25) is 0 Å². The average Bonchev–Trinajstić information content (AvgIpc) is 3.14. The summed E-state index contributed by atoms with van der Waals surface area (Å²) in [6, 6.07) is 9.39. The lowest BCUT2D eigenvalue weighted by Gasteiger charge is -2.14. The summed E-state index contributed by atoms with van der Waals surface area (Å²) in [6.07, 6.45) is 3.23. The molecule has 0 saturated heterocycles. The molecular weight excluding hydrogens is 344 g/mol. The minimum Gasteiger partial charge on any atom is -0.497 e. The van der Waals surface area contributed by atoms with Crippen LogP contribution in [0.3, 0.4) is 0 Å². The summed E-state index contributed by atoms with van der Waals surface area (Å²) in [4.78, 5) is 24.0.